The van der Waals surface area contributed by atoms with Crippen molar-refractivity contribution < 1.29 is 4.79 Å². The van der Waals surface area contributed by atoms with Gasteiger partial charge in [0.15, 0.2) is 0 Å². The maximum atomic E-state index is 12.1. The fraction of sp³-hybridized carbons (Fsp3) is 0.474. The fourth-order valence-corrected chi connectivity index (χ4v) is 3.37. The van der Waals surface area contributed by atoms with Gasteiger partial charge in [0.25, 0.3) is 0 Å². The number of piperidine rings is 1. The minimum absolute atomic E-state index is 0.114. The molecule has 0 bridgehead atoms. The van der Waals surface area contributed by atoms with Crippen molar-refractivity contribution >= 4 is 6.03 Å². The lowest BCUT2D eigenvalue weighted by molar-refractivity contribution is 0.130. The Morgan fingerprint density at radius 3 is 2.80 bits per heavy atom. The number of amides is 2. The third-order valence-corrected chi connectivity index (χ3v) is 4.91. The average molecular weight is 341 g/mol. The molecule has 2 N–H and O–H groups in total. The first-order valence-corrected chi connectivity index (χ1v) is 8.90. The maximum absolute atomic E-state index is 12.1. The summed E-state index contributed by atoms with van der Waals surface area (Å²) in [5, 5.41) is 5.99. The molecular weight excluding hydrogens is 314 g/mol. The van der Waals surface area contributed by atoms with Gasteiger partial charge in [-0.15, -0.1) is 0 Å². The molecule has 0 saturated carbocycles. The Balaban J connectivity index is 1.43. The average Bonchev–Trinajstić information content (AvgIpc) is 3.01. The quantitative estimate of drug-likeness (QED) is 0.877. The summed E-state index contributed by atoms with van der Waals surface area (Å²) in [6.45, 7) is 4.65. The highest BCUT2D eigenvalue weighted by Crippen LogP contribution is 2.19. The van der Waals surface area contributed by atoms with Crippen molar-refractivity contribution in [1.29, 1.82) is 0 Å². The van der Waals surface area contributed by atoms with Gasteiger partial charge in [0.1, 0.15) is 5.82 Å². The molecule has 0 spiro atoms. The monoisotopic (exact) mass is 341 g/mol. The van der Waals surface area contributed by atoms with Gasteiger partial charge in [-0.25, -0.2) is 9.78 Å². The second-order valence-corrected chi connectivity index (χ2v) is 6.81. The normalized spacial score (nSPS) is 21.0. The zero-order chi connectivity index (χ0) is 17.6. The lowest BCUT2D eigenvalue weighted by Crippen LogP contribution is -2.50. The lowest BCUT2D eigenvalue weighted by Gasteiger charge is -2.38. The Labute approximate surface area is 149 Å². The summed E-state index contributed by atoms with van der Waals surface area (Å²) < 4.78 is 1.91. The summed E-state index contributed by atoms with van der Waals surface area (Å²) in [6, 6.07) is 11.1. The van der Waals surface area contributed by atoms with E-state index in [4.69, 9.17) is 0 Å². The van der Waals surface area contributed by atoms with Crippen molar-refractivity contribution in [2.24, 2.45) is 7.05 Å². The molecule has 3 rings (SSSR count). The second-order valence-electron chi connectivity index (χ2n) is 6.81. The van der Waals surface area contributed by atoms with Crippen molar-refractivity contribution in [3.8, 4) is 0 Å². The molecule has 0 aliphatic carbocycles. The van der Waals surface area contributed by atoms with Crippen LogP contribution in [0, 0.1) is 0 Å². The number of hydrogen-bond donors (Lipinski definition) is 2. The molecule has 1 aliphatic heterocycles. The van der Waals surface area contributed by atoms with Gasteiger partial charge >= 0.3 is 6.03 Å². The van der Waals surface area contributed by atoms with E-state index in [1.165, 1.54) is 5.56 Å². The van der Waals surface area contributed by atoms with Crippen molar-refractivity contribution in [2.45, 2.75) is 44.9 Å². The van der Waals surface area contributed by atoms with Crippen LogP contribution < -0.4 is 10.6 Å². The summed E-state index contributed by atoms with van der Waals surface area (Å²) >= 11 is 0. The van der Waals surface area contributed by atoms with E-state index in [2.05, 4.69) is 51.7 Å². The van der Waals surface area contributed by atoms with Gasteiger partial charge in [0, 0.05) is 44.6 Å². The van der Waals surface area contributed by atoms with E-state index in [1.807, 2.05) is 23.9 Å². The molecule has 2 atom stereocenters. The highest BCUT2D eigenvalue weighted by Gasteiger charge is 2.26. The number of urea groups is 1. The fourth-order valence-electron chi connectivity index (χ4n) is 3.37. The molecule has 25 heavy (non-hydrogen) atoms. The summed E-state index contributed by atoms with van der Waals surface area (Å²) in [5.41, 5.74) is 1.34. The SMILES string of the molecule is C[C@H]1C[C@H](NC(=O)NCc2nccn2C)CCN1Cc1ccccc1. The highest BCUT2D eigenvalue weighted by atomic mass is 16.2. The van der Waals surface area contributed by atoms with Crippen LogP contribution in [0.15, 0.2) is 42.7 Å². The van der Waals surface area contributed by atoms with Crippen molar-refractivity contribution in [3.63, 3.8) is 0 Å². The van der Waals surface area contributed by atoms with E-state index in [9.17, 15) is 4.79 Å². The van der Waals surface area contributed by atoms with Gasteiger partial charge in [0.2, 0.25) is 0 Å². The van der Waals surface area contributed by atoms with Gasteiger partial charge < -0.3 is 15.2 Å². The van der Waals surface area contributed by atoms with Crippen LogP contribution in [-0.2, 0) is 20.1 Å². The predicted octanol–water partition coefficient (Wildman–Crippen LogP) is 2.27. The van der Waals surface area contributed by atoms with Crippen LogP contribution in [0.3, 0.4) is 0 Å². The molecule has 1 fully saturated rings. The molecule has 2 heterocycles. The smallest absolute Gasteiger partial charge is 0.315 e. The van der Waals surface area contributed by atoms with Gasteiger partial charge in [-0.3, -0.25) is 4.90 Å². The Kier molecular flexibility index (Phi) is 5.71. The predicted molar refractivity (Wildman–Crippen MR) is 97.9 cm³/mol. The summed E-state index contributed by atoms with van der Waals surface area (Å²) in [5.74, 6) is 0.848. The van der Waals surface area contributed by atoms with Gasteiger partial charge in [-0.05, 0) is 25.3 Å². The van der Waals surface area contributed by atoms with Crippen LogP contribution in [0.4, 0.5) is 4.79 Å². The number of likely N-dealkylation sites (tertiary alicyclic amines) is 1. The van der Waals surface area contributed by atoms with Gasteiger partial charge in [0.05, 0.1) is 6.54 Å². The Bertz CT molecular complexity index is 684. The van der Waals surface area contributed by atoms with Crippen LogP contribution in [-0.4, -0.2) is 39.1 Å². The first-order valence-electron chi connectivity index (χ1n) is 8.90. The molecule has 6 nitrogen and oxygen atoms in total. The van der Waals surface area contributed by atoms with E-state index in [1.54, 1.807) is 6.20 Å². The molecule has 1 aliphatic rings. The molecule has 1 saturated heterocycles. The van der Waals surface area contributed by atoms with Gasteiger partial charge in [-0.1, -0.05) is 30.3 Å². The zero-order valence-corrected chi connectivity index (χ0v) is 15.0. The molecule has 0 radical (unpaired) electrons. The zero-order valence-electron chi connectivity index (χ0n) is 15.0. The highest BCUT2D eigenvalue weighted by molar-refractivity contribution is 5.74. The molecular formula is C19H27N5O. The number of rotatable bonds is 5. The van der Waals surface area contributed by atoms with Crippen LogP contribution in [0.1, 0.15) is 31.2 Å². The molecule has 134 valence electrons. The number of carbonyl (C=O) groups excluding carboxylic acids is 1. The van der Waals surface area contributed by atoms with E-state index < -0.39 is 0 Å². The topological polar surface area (TPSA) is 62.2 Å². The third-order valence-electron chi connectivity index (χ3n) is 4.91. The van der Waals surface area contributed by atoms with E-state index in [-0.39, 0.29) is 12.1 Å². The Morgan fingerprint density at radius 2 is 2.12 bits per heavy atom. The number of imidazole rings is 1. The lowest BCUT2D eigenvalue weighted by atomic mass is 9.97. The first kappa shape index (κ1) is 17.5. The van der Waals surface area contributed by atoms with E-state index in [0.29, 0.717) is 12.6 Å². The molecule has 2 amide bonds. The number of carbonyl (C=O) groups is 1. The molecule has 6 heteroatoms. The van der Waals surface area contributed by atoms with Crippen LogP contribution in [0.5, 0.6) is 0 Å². The molecule has 2 aromatic rings. The number of nitrogens with zero attached hydrogens (tertiary/aromatic N) is 3. The molecule has 1 aromatic carbocycles. The Hall–Kier alpha value is -2.34. The van der Waals surface area contributed by atoms with Gasteiger partial charge in [-0.2, -0.15) is 0 Å². The maximum Gasteiger partial charge on any atom is 0.315 e. The standard InChI is InChI=1S/C19H27N5O/c1-15-12-17(8-10-24(15)14-16-6-4-3-5-7-16)22-19(25)21-13-18-20-9-11-23(18)2/h3-7,9,11,15,17H,8,10,12-14H2,1-2H3,(H2,21,22,25)/t15-,17+/m0/s1. The van der Waals surface area contributed by atoms with Crippen molar-refractivity contribution in [2.75, 3.05) is 6.54 Å². The van der Waals surface area contributed by atoms with Crippen LogP contribution in [0.2, 0.25) is 0 Å². The minimum Gasteiger partial charge on any atom is -0.337 e. The summed E-state index contributed by atoms with van der Waals surface area (Å²) in [6.07, 6.45) is 5.56. The summed E-state index contributed by atoms with van der Waals surface area (Å²) in [4.78, 5) is 18.8. The van der Waals surface area contributed by atoms with E-state index in [0.717, 1.165) is 31.8 Å². The number of nitrogens with one attached hydrogen (secondary N) is 2. The third kappa shape index (κ3) is 4.82. The van der Waals surface area contributed by atoms with Crippen molar-refractivity contribution in [3.05, 3.63) is 54.1 Å². The van der Waals surface area contributed by atoms with Crippen molar-refractivity contribution in [1.82, 2.24) is 25.1 Å². The molecule has 1 aromatic heterocycles. The number of aromatic nitrogens is 2. The minimum atomic E-state index is -0.114. The first-order chi connectivity index (χ1) is 12.1. The second kappa shape index (κ2) is 8.16. The Morgan fingerprint density at radius 1 is 1.32 bits per heavy atom. The summed E-state index contributed by atoms with van der Waals surface area (Å²) in [7, 11) is 1.92. The number of hydrogen-bond acceptors (Lipinski definition) is 3. The number of aryl methyl sites for hydroxylation is 1. The number of benzene rings is 1. The van der Waals surface area contributed by atoms with Crippen LogP contribution >= 0.6 is 0 Å². The molecule has 0 unspecified atom stereocenters. The van der Waals surface area contributed by atoms with E-state index >= 15 is 0 Å². The largest absolute Gasteiger partial charge is 0.337 e. The van der Waals surface area contributed by atoms with Crippen LogP contribution in [0.25, 0.3) is 0 Å².